The Morgan fingerprint density at radius 1 is 1.33 bits per heavy atom. The maximum Gasteiger partial charge on any atom is 0.265 e. The standard InChI is InChI=1S/C9H19NO4S/c1-10(5-2-8-15(12,13)14)6-3-9(11)4-7-10/h9,11H,2-8H2,1H3/p+1. The molecule has 1 rings (SSSR count). The van der Waals surface area contributed by atoms with Crippen molar-refractivity contribution in [2.45, 2.75) is 25.4 Å². The third kappa shape index (κ3) is 4.92. The van der Waals surface area contributed by atoms with Crippen LogP contribution in [0.3, 0.4) is 0 Å². The minimum Gasteiger partial charge on any atom is -0.393 e. The highest BCUT2D eigenvalue weighted by atomic mass is 32.2. The highest BCUT2D eigenvalue weighted by Gasteiger charge is 2.28. The van der Waals surface area contributed by atoms with Gasteiger partial charge >= 0.3 is 0 Å². The second-order valence-electron chi connectivity index (χ2n) is 4.66. The van der Waals surface area contributed by atoms with E-state index >= 15 is 0 Å². The van der Waals surface area contributed by atoms with E-state index in [1.807, 2.05) is 0 Å². The van der Waals surface area contributed by atoms with Crippen LogP contribution in [0, 0.1) is 0 Å². The van der Waals surface area contributed by atoms with Crippen LogP contribution in [-0.4, -0.2) is 61.1 Å². The summed E-state index contributed by atoms with van der Waals surface area (Å²) in [6, 6.07) is 0. The average molecular weight is 238 g/mol. The lowest BCUT2D eigenvalue weighted by Crippen LogP contribution is -2.51. The van der Waals surface area contributed by atoms with Gasteiger partial charge in [0.25, 0.3) is 10.1 Å². The summed E-state index contributed by atoms with van der Waals surface area (Å²) in [5, 5.41) is 9.35. The van der Waals surface area contributed by atoms with Crippen LogP contribution < -0.4 is 0 Å². The first-order valence-electron chi connectivity index (χ1n) is 5.28. The Bertz CT molecular complexity index is 293. The first-order chi connectivity index (χ1) is 6.81. The van der Waals surface area contributed by atoms with Gasteiger partial charge in [-0.05, 0) is 0 Å². The molecule has 15 heavy (non-hydrogen) atoms. The number of quaternary nitrogens is 1. The highest BCUT2D eigenvalue weighted by Crippen LogP contribution is 2.17. The fourth-order valence-electron chi connectivity index (χ4n) is 2.03. The predicted molar refractivity (Wildman–Crippen MR) is 57.1 cm³/mol. The van der Waals surface area contributed by atoms with E-state index in [0.29, 0.717) is 6.42 Å². The van der Waals surface area contributed by atoms with E-state index < -0.39 is 10.1 Å². The zero-order valence-corrected chi connectivity index (χ0v) is 9.91. The molecule has 1 fully saturated rings. The number of hydrogen-bond donors (Lipinski definition) is 2. The van der Waals surface area contributed by atoms with E-state index in [4.69, 9.17) is 4.55 Å². The molecule has 0 aliphatic carbocycles. The van der Waals surface area contributed by atoms with E-state index in [1.165, 1.54) is 0 Å². The number of piperidine rings is 1. The molecule has 5 nitrogen and oxygen atoms in total. The molecule has 0 aromatic carbocycles. The number of rotatable bonds is 4. The molecule has 0 saturated carbocycles. The van der Waals surface area contributed by atoms with Crippen LogP contribution in [0.2, 0.25) is 0 Å². The van der Waals surface area contributed by atoms with Crippen LogP contribution in [0.4, 0.5) is 0 Å². The zero-order chi connectivity index (χ0) is 11.5. The molecular formula is C9H20NO4S+. The van der Waals surface area contributed by atoms with E-state index in [2.05, 4.69) is 7.05 Å². The van der Waals surface area contributed by atoms with Crippen molar-refractivity contribution in [3.8, 4) is 0 Å². The van der Waals surface area contributed by atoms with Crippen molar-refractivity contribution in [1.29, 1.82) is 0 Å². The van der Waals surface area contributed by atoms with Crippen LogP contribution >= 0.6 is 0 Å². The molecule has 0 amide bonds. The van der Waals surface area contributed by atoms with Crippen molar-refractivity contribution >= 4 is 10.1 Å². The van der Waals surface area contributed by atoms with Crippen molar-refractivity contribution < 1.29 is 22.6 Å². The summed E-state index contributed by atoms with van der Waals surface area (Å²) < 4.78 is 30.5. The van der Waals surface area contributed by atoms with Gasteiger partial charge in [0.15, 0.2) is 0 Å². The number of likely N-dealkylation sites (tertiary alicyclic amines) is 1. The summed E-state index contributed by atoms with van der Waals surface area (Å²) in [6.45, 7) is 2.51. The Morgan fingerprint density at radius 2 is 1.87 bits per heavy atom. The summed E-state index contributed by atoms with van der Waals surface area (Å²) in [6.07, 6.45) is 1.84. The Labute approximate surface area is 91.0 Å². The van der Waals surface area contributed by atoms with Crippen LogP contribution in [0.25, 0.3) is 0 Å². The molecule has 0 spiro atoms. The molecule has 0 atom stereocenters. The maximum atomic E-state index is 10.5. The van der Waals surface area contributed by atoms with Gasteiger partial charge in [0.1, 0.15) is 0 Å². The summed E-state index contributed by atoms with van der Waals surface area (Å²) in [5.74, 6) is -0.163. The van der Waals surface area contributed by atoms with Gasteiger partial charge < -0.3 is 9.59 Å². The molecule has 0 aromatic heterocycles. The van der Waals surface area contributed by atoms with Crippen LogP contribution in [0.1, 0.15) is 19.3 Å². The van der Waals surface area contributed by atoms with E-state index in [0.717, 1.165) is 37.0 Å². The Hall–Kier alpha value is -0.170. The fourth-order valence-corrected chi connectivity index (χ4v) is 2.52. The molecular weight excluding hydrogens is 218 g/mol. The maximum absolute atomic E-state index is 10.5. The summed E-state index contributed by atoms with van der Waals surface area (Å²) in [7, 11) is -1.76. The first kappa shape index (κ1) is 12.9. The minimum atomic E-state index is -3.82. The molecule has 0 unspecified atom stereocenters. The second-order valence-corrected chi connectivity index (χ2v) is 6.23. The number of aliphatic hydroxyl groups is 1. The van der Waals surface area contributed by atoms with Crippen molar-refractivity contribution in [3.05, 3.63) is 0 Å². The third-order valence-corrected chi connectivity index (χ3v) is 3.91. The third-order valence-electron chi connectivity index (χ3n) is 3.10. The molecule has 2 N–H and O–H groups in total. The van der Waals surface area contributed by atoms with Crippen LogP contribution in [0.15, 0.2) is 0 Å². The topological polar surface area (TPSA) is 74.6 Å². The monoisotopic (exact) mass is 238 g/mol. The molecule has 0 radical (unpaired) electrons. The Morgan fingerprint density at radius 3 is 2.33 bits per heavy atom. The van der Waals surface area contributed by atoms with Gasteiger partial charge in [0, 0.05) is 19.3 Å². The van der Waals surface area contributed by atoms with Gasteiger partial charge in [-0.3, -0.25) is 4.55 Å². The minimum absolute atomic E-state index is 0.163. The van der Waals surface area contributed by atoms with Gasteiger partial charge in [-0.1, -0.05) is 0 Å². The van der Waals surface area contributed by atoms with Crippen LogP contribution in [-0.2, 0) is 10.1 Å². The first-order valence-corrected chi connectivity index (χ1v) is 6.88. The van der Waals surface area contributed by atoms with Gasteiger partial charge in [0.05, 0.1) is 38.5 Å². The highest BCUT2D eigenvalue weighted by molar-refractivity contribution is 7.85. The molecule has 0 bridgehead atoms. The van der Waals surface area contributed by atoms with Gasteiger partial charge in [-0.2, -0.15) is 8.42 Å². The normalized spacial score (nSPS) is 32.9. The summed E-state index contributed by atoms with van der Waals surface area (Å²) >= 11 is 0. The number of hydrogen-bond acceptors (Lipinski definition) is 3. The molecule has 90 valence electrons. The van der Waals surface area contributed by atoms with E-state index in [-0.39, 0.29) is 11.9 Å². The van der Waals surface area contributed by atoms with Gasteiger partial charge in [0.2, 0.25) is 0 Å². The number of nitrogens with zero attached hydrogens (tertiary/aromatic N) is 1. The fraction of sp³-hybridized carbons (Fsp3) is 1.00. The molecule has 1 aliphatic heterocycles. The lowest BCUT2D eigenvalue weighted by atomic mass is 10.1. The smallest absolute Gasteiger partial charge is 0.265 e. The van der Waals surface area contributed by atoms with Crippen molar-refractivity contribution in [1.82, 2.24) is 0 Å². The molecule has 6 heteroatoms. The molecule has 1 saturated heterocycles. The van der Waals surface area contributed by atoms with Gasteiger partial charge in [-0.25, -0.2) is 0 Å². The van der Waals surface area contributed by atoms with Crippen molar-refractivity contribution in [2.24, 2.45) is 0 Å². The largest absolute Gasteiger partial charge is 0.393 e. The van der Waals surface area contributed by atoms with E-state index in [9.17, 15) is 13.5 Å². The summed E-state index contributed by atoms with van der Waals surface area (Å²) in [4.78, 5) is 0. The SMILES string of the molecule is C[N+]1(CCCS(=O)(=O)O)CCC(O)CC1. The van der Waals surface area contributed by atoms with E-state index in [1.54, 1.807) is 0 Å². The summed E-state index contributed by atoms with van der Waals surface area (Å²) in [5.41, 5.74) is 0. The predicted octanol–water partition coefficient (Wildman–Crippen LogP) is -0.134. The Balaban J connectivity index is 2.31. The zero-order valence-electron chi connectivity index (χ0n) is 9.09. The second kappa shape index (κ2) is 4.78. The molecule has 1 aliphatic rings. The van der Waals surface area contributed by atoms with Gasteiger partial charge in [-0.15, -0.1) is 0 Å². The lowest BCUT2D eigenvalue weighted by molar-refractivity contribution is -0.915. The van der Waals surface area contributed by atoms with Crippen LogP contribution in [0.5, 0.6) is 0 Å². The number of aliphatic hydroxyl groups excluding tert-OH is 1. The molecule has 0 aromatic rings. The van der Waals surface area contributed by atoms with Crippen molar-refractivity contribution in [3.63, 3.8) is 0 Å². The average Bonchev–Trinajstić information content (AvgIpc) is 2.09. The quantitative estimate of drug-likeness (QED) is 0.528. The Kier molecular flexibility index (Phi) is 4.11. The molecule has 1 heterocycles. The van der Waals surface area contributed by atoms with Crippen molar-refractivity contribution in [2.75, 3.05) is 32.4 Å². The lowest BCUT2D eigenvalue weighted by Gasteiger charge is -2.39.